The van der Waals surface area contributed by atoms with Gasteiger partial charge in [0.05, 0.1) is 5.56 Å². The lowest BCUT2D eigenvalue weighted by atomic mass is 9.97. The van der Waals surface area contributed by atoms with E-state index in [9.17, 15) is 0 Å². The Kier molecular flexibility index (Phi) is 4.65. The van der Waals surface area contributed by atoms with E-state index in [1.54, 1.807) is 0 Å². The zero-order valence-corrected chi connectivity index (χ0v) is 16.3. The Labute approximate surface area is 157 Å². The van der Waals surface area contributed by atoms with Crippen molar-refractivity contribution in [2.45, 2.75) is 51.7 Å². The van der Waals surface area contributed by atoms with Crippen LogP contribution in [0.5, 0.6) is 0 Å². The minimum atomic E-state index is 0.646. The van der Waals surface area contributed by atoms with Gasteiger partial charge in [-0.2, -0.15) is 0 Å². The molecule has 3 nitrogen and oxygen atoms in total. The van der Waals surface area contributed by atoms with Crippen molar-refractivity contribution in [1.82, 2.24) is 9.88 Å². The summed E-state index contributed by atoms with van der Waals surface area (Å²) in [4.78, 5) is 7.33. The molecule has 0 saturated carbocycles. The summed E-state index contributed by atoms with van der Waals surface area (Å²) in [5, 5.41) is 0. The molecule has 4 rings (SSSR count). The van der Waals surface area contributed by atoms with Crippen molar-refractivity contribution in [3.63, 3.8) is 0 Å². The summed E-state index contributed by atoms with van der Waals surface area (Å²) < 4.78 is 6.97. The predicted octanol–water partition coefficient (Wildman–Crippen LogP) is 6.02. The number of hydrogen-bond donors (Lipinski definition) is 0. The molecule has 3 aromatic rings. The first-order chi connectivity index (χ1) is 12.1. The third-order valence-corrected chi connectivity index (χ3v) is 5.99. The van der Waals surface area contributed by atoms with Gasteiger partial charge in [-0.3, -0.25) is 4.90 Å². The standard InChI is InChI=1S/C21H23BrN2O/c1-14-6-5-7-15(2)24(14)13-16-10-11-20-19(12-16)23-21(25-20)17-8-3-4-9-18(17)22/h3-4,8-12,14-15H,5-7,13H2,1-2H3/t14-,15+. The van der Waals surface area contributed by atoms with Crippen molar-refractivity contribution >= 4 is 27.0 Å². The van der Waals surface area contributed by atoms with E-state index in [4.69, 9.17) is 9.40 Å². The van der Waals surface area contributed by atoms with Crippen molar-refractivity contribution in [3.8, 4) is 11.5 Å². The van der Waals surface area contributed by atoms with Gasteiger partial charge in [-0.05, 0) is 72.4 Å². The molecule has 4 heteroatoms. The molecule has 1 fully saturated rings. The summed E-state index contributed by atoms with van der Waals surface area (Å²) in [6.07, 6.45) is 3.93. The number of fused-ring (bicyclic) bond motifs is 1. The van der Waals surface area contributed by atoms with E-state index < -0.39 is 0 Å². The molecule has 2 aromatic carbocycles. The number of rotatable bonds is 3. The van der Waals surface area contributed by atoms with Crippen LogP contribution in [0.3, 0.4) is 0 Å². The number of likely N-dealkylation sites (tertiary alicyclic amines) is 1. The molecule has 0 spiro atoms. The van der Waals surface area contributed by atoms with Gasteiger partial charge in [-0.25, -0.2) is 4.98 Å². The molecule has 0 bridgehead atoms. The average molecular weight is 399 g/mol. The molecule has 25 heavy (non-hydrogen) atoms. The second-order valence-corrected chi connectivity index (χ2v) is 7.96. The molecule has 1 aliphatic rings. The van der Waals surface area contributed by atoms with E-state index in [-0.39, 0.29) is 0 Å². The predicted molar refractivity (Wildman–Crippen MR) is 105 cm³/mol. The third kappa shape index (κ3) is 3.38. The molecule has 2 heterocycles. The van der Waals surface area contributed by atoms with Crippen LogP contribution in [-0.4, -0.2) is 22.0 Å². The molecule has 0 unspecified atom stereocenters. The monoisotopic (exact) mass is 398 g/mol. The number of oxazole rings is 1. The zero-order chi connectivity index (χ0) is 17.4. The zero-order valence-electron chi connectivity index (χ0n) is 14.7. The van der Waals surface area contributed by atoms with Crippen LogP contribution in [0.25, 0.3) is 22.6 Å². The van der Waals surface area contributed by atoms with Gasteiger partial charge in [0.25, 0.3) is 0 Å². The average Bonchev–Trinajstić information content (AvgIpc) is 3.01. The largest absolute Gasteiger partial charge is 0.436 e. The van der Waals surface area contributed by atoms with Gasteiger partial charge in [0.2, 0.25) is 5.89 Å². The van der Waals surface area contributed by atoms with Gasteiger partial charge in [-0.15, -0.1) is 0 Å². The Bertz CT molecular complexity index is 878. The van der Waals surface area contributed by atoms with Gasteiger partial charge in [0.15, 0.2) is 5.58 Å². The van der Waals surface area contributed by atoms with E-state index in [0.29, 0.717) is 18.0 Å². The van der Waals surface area contributed by atoms with Crippen LogP contribution in [0.15, 0.2) is 51.4 Å². The quantitative estimate of drug-likeness (QED) is 0.539. The number of benzene rings is 2. The van der Waals surface area contributed by atoms with Gasteiger partial charge in [0, 0.05) is 23.1 Å². The van der Waals surface area contributed by atoms with Gasteiger partial charge >= 0.3 is 0 Å². The van der Waals surface area contributed by atoms with E-state index in [1.807, 2.05) is 24.3 Å². The Morgan fingerprint density at radius 3 is 2.64 bits per heavy atom. The van der Waals surface area contributed by atoms with E-state index in [0.717, 1.165) is 27.7 Å². The van der Waals surface area contributed by atoms with Crippen LogP contribution in [0, 0.1) is 0 Å². The maximum absolute atomic E-state index is 5.97. The number of piperidine rings is 1. The first-order valence-electron chi connectivity index (χ1n) is 9.02. The lowest BCUT2D eigenvalue weighted by molar-refractivity contribution is 0.0953. The third-order valence-electron chi connectivity index (χ3n) is 5.30. The minimum absolute atomic E-state index is 0.646. The molecule has 0 amide bonds. The molecule has 0 radical (unpaired) electrons. The summed E-state index contributed by atoms with van der Waals surface area (Å²) in [5.74, 6) is 0.666. The summed E-state index contributed by atoms with van der Waals surface area (Å²) >= 11 is 3.58. The second-order valence-electron chi connectivity index (χ2n) is 7.10. The maximum atomic E-state index is 5.97. The van der Waals surface area contributed by atoms with Crippen molar-refractivity contribution in [3.05, 3.63) is 52.5 Å². The van der Waals surface area contributed by atoms with Crippen LogP contribution >= 0.6 is 15.9 Å². The Balaban J connectivity index is 1.63. The molecular formula is C21H23BrN2O. The molecule has 1 aromatic heterocycles. The van der Waals surface area contributed by atoms with Crippen molar-refractivity contribution in [2.75, 3.05) is 0 Å². The minimum Gasteiger partial charge on any atom is -0.436 e. The topological polar surface area (TPSA) is 29.3 Å². The Morgan fingerprint density at radius 2 is 1.88 bits per heavy atom. The normalized spacial score (nSPS) is 21.7. The van der Waals surface area contributed by atoms with Crippen molar-refractivity contribution < 1.29 is 4.42 Å². The number of hydrogen-bond acceptors (Lipinski definition) is 3. The van der Waals surface area contributed by atoms with Crippen LogP contribution in [0.2, 0.25) is 0 Å². The van der Waals surface area contributed by atoms with Crippen LogP contribution in [-0.2, 0) is 6.54 Å². The fourth-order valence-electron chi connectivity index (χ4n) is 3.82. The first kappa shape index (κ1) is 16.8. The fraction of sp³-hybridized carbons (Fsp3) is 0.381. The molecule has 1 aliphatic heterocycles. The van der Waals surface area contributed by atoms with Crippen LogP contribution in [0.1, 0.15) is 38.7 Å². The highest BCUT2D eigenvalue weighted by molar-refractivity contribution is 9.10. The van der Waals surface area contributed by atoms with Gasteiger partial charge in [0.1, 0.15) is 5.52 Å². The van der Waals surface area contributed by atoms with Gasteiger partial charge < -0.3 is 4.42 Å². The van der Waals surface area contributed by atoms with E-state index in [1.165, 1.54) is 24.8 Å². The summed E-state index contributed by atoms with van der Waals surface area (Å²) in [5.41, 5.74) is 4.06. The molecule has 0 aliphatic carbocycles. The lowest BCUT2D eigenvalue weighted by Gasteiger charge is -2.39. The lowest BCUT2D eigenvalue weighted by Crippen LogP contribution is -2.42. The molecule has 2 atom stereocenters. The second kappa shape index (κ2) is 6.93. The highest BCUT2D eigenvalue weighted by Crippen LogP contribution is 2.31. The number of halogens is 1. The number of nitrogens with zero attached hydrogens (tertiary/aromatic N) is 2. The van der Waals surface area contributed by atoms with Gasteiger partial charge in [-0.1, -0.05) is 24.6 Å². The maximum Gasteiger partial charge on any atom is 0.228 e. The van der Waals surface area contributed by atoms with Crippen LogP contribution < -0.4 is 0 Å². The summed E-state index contributed by atoms with van der Waals surface area (Å²) in [7, 11) is 0. The molecule has 0 N–H and O–H groups in total. The first-order valence-corrected chi connectivity index (χ1v) is 9.81. The summed E-state index contributed by atoms with van der Waals surface area (Å²) in [6, 6.07) is 15.7. The smallest absolute Gasteiger partial charge is 0.228 e. The highest BCUT2D eigenvalue weighted by Gasteiger charge is 2.24. The number of aromatic nitrogens is 1. The Hall–Kier alpha value is -1.65. The molecular weight excluding hydrogens is 376 g/mol. The fourth-order valence-corrected chi connectivity index (χ4v) is 4.27. The highest BCUT2D eigenvalue weighted by atomic mass is 79.9. The SMILES string of the molecule is C[C@@H]1CCC[C@H](C)N1Cc1ccc2oc(-c3ccccc3Br)nc2c1. The molecule has 1 saturated heterocycles. The van der Waals surface area contributed by atoms with Crippen LogP contribution in [0.4, 0.5) is 0 Å². The Morgan fingerprint density at radius 1 is 1.12 bits per heavy atom. The summed E-state index contributed by atoms with van der Waals surface area (Å²) in [6.45, 7) is 5.67. The molecule has 130 valence electrons. The van der Waals surface area contributed by atoms with Crippen molar-refractivity contribution in [1.29, 1.82) is 0 Å². The van der Waals surface area contributed by atoms with E-state index in [2.05, 4.69) is 52.9 Å². The van der Waals surface area contributed by atoms with E-state index >= 15 is 0 Å². The van der Waals surface area contributed by atoms with Crippen molar-refractivity contribution in [2.24, 2.45) is 0 Å².